The van der Waals surface area contributed by atoms with Gasteiger partial charge in [0.1, 0.15) is 0 Å². The van der Waals surface area contributed by atoms with Crippen molar-refractivity contribution >= 4 is 0 Å². The van der Waals surface area contributed by atoms with Gasteiger partial charge in [0.15, 0.2) is 0 Å². The van der Waals surface area contributed by atoms with Crippen LogP contribution in [0.3, 0.4) is 0 Å². The summed E-state index contributed by atoms with van der Waals surface area (Å²) in [5, 5.41) is 7.06. The fourth-order valence-corrected chi connectivity index (χ4v) is 2.45. The van der Waals surface area contributed by atoms with Gasteiger partial charge in [0.25, 0.3) is 0 Å². The third kappa shape index (κ3) is 6.39. The molecule has 0 bridgehead atoms. The Morgan fingerprint density at radius 1 is 1.12 bits per heavy atom. The summed E-state index contributed by atoms with van der Waals surface area (Å²) >= 11 is 0. The van der Waals surface area contributed by atoms with Crippen molar-refractivity contribution in [2.45, 2.75) is 51.0 Å². The van der Waals surface area contributed by atoms with Crippen molar-refractivity contribution in [1.82, 2.24) is 10.6 Å². The van der Waals surface area contributed by atoms with Crippen molar-refractivity contribution in [3.63, 3.8) is 0 Å². The first-order valence-electron chi connectivity index (χ1n) is 7.47. The van der Waals surface area contributed by atoms with Crippen molar-refractivity contribution in [2.75, 3.05) is 32.8 Å². The van der Waals surface area contributed by atoms with Crippen LogP contribution in [0.15, 0.2) is 0 Å². The minimum absolute atomic E-state index is 0.789. The van der Waals surface area contributed by atoms with E-state index in [4.69, 9.17) is 4.74 Å². The van der Waals surface area contributed by atoms with Crippen LogP contribution in [0.5, 0.6) is 0 Å². The van der Waals surface area contributed by atoms with E-state index in [0.717, 1.165) is 38.3 Å². The second kappa shape index (κ2) is 8.06. The number of ether oxygens (including phenoxy) is 1. The zero-order chi connectivity index (χ0) is 11.8. The largest absolute Gasteiger partial charge is 0.380 e. The topological polar surface area (TPSA) is 33.3 Å². The Balaban J connectivity index is 1.31. The van der Waals surface area contributed by atoms with E-state index in [9.17, 15) is 0 Å². The predicted molar refractivity (Wildman–Crippen MR) is 71.3 cm³/mol. The first-order chi connectivity index (χ1) is 8.45. The van der Waals surface area contributed by atoms with Gasteiger partial charge >= 0.3 is 0 Å². The number of nitrogens with one attached hydrogen (secondary N) is 2. The molecule has 3 heteroatoms. The van der Waals surface area contributed by atoms with E-state index in [0.29, 0.717) is 0 Å². The molecule has 0 aromatic rings. The summed E-state index contributed by atoms with van der Waals surface area (Å²) in [5.41, 5.74) is 0. The molecule has 2 aliphatic rings. The Kier molecular flexibility index (Phi) is 6.32. The molecule has 2 N–H and O–H groups in total. The molecule has 1 unspecified atom stereocenters. The van der Waals surface area contributed by atoms with Gasteiger partial charge in [0, 0.05) is 19.2 Å². The van der Waals surface area contributed by atoms with Crippen LogP contribution in [0.2, 0.25) is 0 Å². The number of piperidine rings is 1. The van der Waals surface area contributed by atoms with Crippen molar-refractivity contribution < 1.29 is 4.74 Å². The first kappa shape index (κ1) is 13.3. The molecule has 0 amide bonds. The Labute approximate surface area is 106 Å². The molecular weight excluding hydrogens is 212 g/mol. The minimum atomic E-state index is 0.789. The standard InChI is InChI=1S/C14H28N2O/c1-2-9-16-14(4-1)5-3-8-15-10-11-17-12-13-6-7-13/h13-16H,1-12H2. The summed E-state index contributed by atoms with van der Waals surface area (Å²) in [4.78, 5) is 0. The van der Waals surface area contributed by atoms with Crippen LogP contribution >= 0.6 is 0 Å². The van der Waals surface area contributed by atoms with Gasteiger partial charge in [0.2, 0.25) is 0 Å². The van der Waals surface area contributed by atoms with E-state index in [1.165, 1.54) is 51.5 Å². The van der Waals surface area contributed by atoms with Crippen LogP contribution in [0.25, 0.3) is 0 Å². The summed E-state index contributed by atoms with van der Waals surface area (Å²) in [7, 11) is 0. The van der Waals surface area contributed by atoms with Crippen LogP contribution in [-0.4, -0.2) is 38.9 Å². The molecule has 17 heavy (non-hydrogen) atoms. The van der Waals surface area contributed by atoms with Gasteiger partial charge in [-0.2, -0.15) is 0 Å². The molecule has 2 rings (SSSR count). The molecule has 0 aromatic heterocycles. The number of hydrogen-bond acceptors (Lipinski definition) is 3. The Bertz CT molecular complexity index is 189. The molecule has 1 heterocycles. The summed E-state index contributed by atoms with van der Waals surface area (Å²) in [6.45, 7) is 5.27. The van der Waals surface area contributed by atoms with E-state index in [1.54, 1.807) is 0 Å². The van der Waals surface area contributed by atoms with Gasteiger partial charge in [-0.3, -0.25) is 0 Å². The summed E-state index contributed by atoms with van der Waals surface area (Å²) < 4.78 is 5.58. The smallest absolute Gasteiger partial charge is 0.0591 e. The highest BCUT2D eigenvalue weighted by atomic mass is 16.5. The Hall–Kier alpha value is -0.120. The normalized spacial score (nSPS) is 25.1. The van der Waals surface area contributed by atoms with Gasteiger partial charge in [-0.25, -0.2) is 0 Å². The van der Waals surface area contributed by atoms with Gasteiger partial charge < -0.3 is 15.4 Å². The van der Waals surface area contributed by atoms with E-state index in [2.05, 4.69) is 10.6 Å². The van der Waals surface area contributed by atoms with Crippen molar-refractivity contribution in [3.05, 3.63) is 0 Å². The average molecular weight is 240 g/mol. The molecule has 1 aliphatic carbocycles. The second-order valence-electron chi connectivity index (χ2n) is 5.56. The molecule has 0 spiro atoms. The van der Waals surface area contributed by atoms with Crippen LogP contribution in [0.1, 0.15) is 44.9 Å². The monoisotopic (exact) mass is 240 g/mol. The van der Waals surface area contributed by atoms with E-state index < -0.39 is 0 Å². The molecule has 1 saturated carbocycles. The van der Waals surface area contributed by atoms with Crippen LogP contribution < -0.4 is 10.6 Å². The van der Waals surface area contributed by atoms with E-state index in [-0.39, 0.29) is 0 Å². The molecule has 0 aromatic carbocycles. The highest BCUT2D eigenvalue weighted by Gasteiger charge is 2.20. The van der Waals surface area contributed by atoms with Gasteiger partial charge in [-0.1, -0.05) is 6.42 Å². The lowest BCUT2D eigenvalue weighted by Crippen LogP contribution is -2.34. The van der Waals surface area contributed by atoms with Crippen molar-refractivity contribution in [3.8, 4) is 0 Å². The molecule has 2 fully saturated rings. The quantitative estimate of drug-likeness (QED) is 0.604. The highest BCUT2D eigenvalue weighted by molar-refractivity contribution is 4.73. The van der Waals surface area contributed by atoms with Crippen LogP contribution in [0.4, 0.5) is 0 Å². The van der Waals surface area contributed by atoms with Gasteiger partial charge in [0.05, 0.1) is 6.61 Å². The predicted octanol–water partition coefficient (Wildman–Crippen LogP) is 1.92. The molecular formula is C14H28N2O. The SMILES string of the molecule is C1CCC(CCCNCCOCC2CC2)NC1. The maximum Gasteiger partial charge on any atom is 0.0591 e. The molecule has 0 radical (unpaired) electrons. The summed E-state index contributed by atoms with van der Waals surface area (Å²) in [6, 6.07) is 0.789. The minimum Gasteiger partial charge on any atom is -0.380 e. The molecule has 1 aliphatic heterocycles. The molecule has 1 atom stereocenters. The van der Waals surface area contributed by atoms with E-state index >= 15 is 0 Å². The maximum absolute atomic E-state index is 5.58. The zero-order valence-corrected chi connectivity index (χ0v) is 11.0. The molecule has 100 valence electrons. The third-order valence-electron chi connectivity index (χ3n) is 3.79. The lowest BCUT2D eigenvalue weighted by molar-refractivity contribution is 0.126. The summed E-state index contributed by atoms with van der Waals surface area (Å²) in [5.74, 6) is 0.896. The zero-order valence-electron chi connectivity index (χ0n) is 11.0. The number of hydrogen-bond donors (Lipinski definition) is 2. The number of rotatable bonds is 9. The second-order valence-corrected chi connectivity index (χ2v) is 5.56. The first-order valence-corrected chi connectivity index (χ1v) is 7.47. The van der Waals surface area contributed by atoms with Gasteiger partial charge in [-0.15, -0.1) is 0 Å². The Morgan fingerprint density at radius 3 is 2.82 bits per heavy atom. The van der Waals surface area contributed by atoms with Crippen molar-refractivity contribution in [2.24, 2.45) is 5.92 Å². The van der Waals surface area contributed by atoms with Crippen molar-refractivity contribution in [1.29, 1.82) is 0 Å². The fourth-order valence-electron chi connectivity index (χ4n) is 2.45. The average Bonchev–Trinajstić information content (AvgIpc) is 3.18. The molecule has 3 nitrogen and oxygen atoms in total. The fraction of sp³-hybridized carbons (Fsp3) is 1.00. The Morgan fingerprint density at radius 2 is 2.06 bits per heavy atom. The lowest BCUT2D eigenvalue weighted by atomic mass is 10.0. The molecule has 1 saturated heterocycles. The highest BCUT2D eigenvalue weighted by Crippen LogP contribution is 2.28. The van der Waals surface area contributed by atoms with Crippen LogP contribution in [0, 0.1) is 5.92 Å². The van der Waals surface area contributed by atoms with Gasteiger partial charge in [-0.05, 0) is 57.5 Å². The summed E-state index contributed by atoms with van der Waals surface area (Å²) in [6.07, 6.45) is 9.57. The van der Waals surface area contributed by atoms with E-state index in [1.807, 2.05) is 0 Å². The lowest BCUT2D eigenvalue weighted by Gasteiger charge is -2.23. The van der Waals surface area contributed by atoms with Crippen LogP contribution in [-0.2, 0) is 4.74 Å². The maximum atomic E-state index is 5.58. The third-order valence-corrected chi connectivity index (χ3v) is 3.79.